The Hall–Kier alpha value is -1.40. The predicted octanol–water partition coefficient (Wildman–Crippen LogP) is 2.10. The van der Waals surface area contributed by atoms with Crippen molar-refractivity contribution < 1.29 is 13.2 Å². The van der Waals surface area contributed by atoms with Gasteiger partial charge in [-0.3, -0.25) is 4.79 Å². The van der Waals surface area contributed by atoms with Gasteiger partial charge in [-0.2, -0.15) is 0 Å². The van der Waals surface area contributed by atoms with Crippen molar-refractivity contribution in [2.24, 2.45) is 5.92 Å². The van der Waals surface area contributed by atoms with E-state index >= 15 is 0 Å². The maximum atomic E-state index is 12.4. The van der Waals surface area contributed by atoms with Crippen molar-refractivity contribution in [1.82, 2.24) is 9.62 Å². The zero-order valence-corrected chi connectivity index (χ0v) is 14.9. The van der Waals surface area contributed by atoms with E-state index in [9.17, 15) is 13.2 Å². The molecule has 1 aliphatic rings. The van der Waals surface area contributed by atoms with Crippen LogP contribution in [0.5, 0.6) is 0 Å². The summed E-state index contributed by atoms with van der Waals surface area (Å²) in [6, 6.07) is 8.14. The number of aryl methyl sites for hydroxylation is 1. The van der Waals surface area contributed by atoms with Gasteiger partial charge >= 0.3 is 0 Å². The molecule has 128 valence electrons. The van der Waals surface area contributed by atoms with E-state index in [-0.39, 0.29) is 24.4 Å². The maximum Gasteiger partial charge on any atom is 0.224 e. The van der Waals surface area contributed by atoms with Crippen molar-refractivity contribution in [1.29, 1.82) is 0 Å². The van der Waals surface area contributed by atoms with Crippen LogP contribution in [-0.2, 0) is 21.2 Å². The highest BCUT2D eigenvalue weighted by Crippen LogP contribution is 2.21. The molecule has 6 heteroatoms. The first-order valence-electron chi connectivity index (χ1n) is 8.15. The van der Waals surface area contributed by atoms with Crippen LogP contribution in [0.15, 0.2) is 24.3 Å². The summed E-state index contributed by atoms with van der Waals surface area (Å²) in [7, 11) is -3.23. The second-order valence-electron chi connectivity index (χ2n) is 6.29. The van der Waals surface area contributed by atoms with Crippen LogP contribution < -0.4 is 5.32 Å². The Balaban J connectivity index is 1.97. The van der Waals surface area contributed by atoms with E-state index in [4.69, 9.17) is 0 Å². The lowest BCUT2D eigenvalue weighted by atomic mass is 9.97. The van der Waals surface area contributed by atoms with Crippen LogP contribution in [0.2, 0.25) is 0 Å². The number of amides is 1. The molecule has 1 aromatic carbocycles. The van der Waals surface area contributed by atoms with Crippen LogP contribution in [0, 0.1) is 5.92 Å². The number of nitrogens with one attached hydrogen (secondary N) is 1. The van der Waals surface area contributed by atoms with Crippen molar-refractivity contribution in [2.45, 2.75) is 39.2 Å². The Morgan fingerprint density at radius 1 is 1.35 bits per heavy atom. The summed E-state index contributed by atoms with van der Waals surface area (Å²) < 4.78 is 24.7. The fourth-order valence-corrected chi connectivity index (χ4v) is 3.83. The van der Waals surface area contributed by atoms with Crippen molar-refractivity contribution in [3.05, 3.63) is 35.4 Å². The maximum absolute atomic E-state index is 12.4. The highest BCUT2D eigenvalue weighted by molar-refractivity contribution is 7.88. The number of hydrogen-bond acceptors (Lipinski definition) is 3. The van der Waals surface area contributed by atoms with Gasteiger partial charge in [-0.25, -0.2) is 12.7 Å². The van der Waals surface area contributed by atoms with Gasteiger partial charge in [-0.05, 0) is 37.3 Å². The minimum absolute atomic E-state index is 0.0644. The molecule has 23 heavy (non-hydrogen) atoms. The molecule has 1 heterocycles. The average Bonchev–Trinajstić information content (AvgIpc) is 2.54. The summed E-state index contributed by atoms with van der Waals surface area (Å²) in [4.78, 5) is 12.4. The van der Waals surface area contributed by atoms with Gasteiger partial charge in [-0.1, -0.05) is 31.2 Å². The minimum atomic E-state index is -3.23. The number of piperidine rings is 1. The van der Waals surface area contributed by atoms with Gasteiger partial charge < -0.3 is 5.32 Å². The third-order valence-corrected chi connectivity index (χ3v) is 5.74. The smallest absolute Gasteiger partial charge is 0.224 e. The first-order valence-corrected chi connectivity index (χ1v) is 10.0. The monoisotopic (exact) mass is 338 g/mol. The quantitative estimate of drug-likeness (QED) is 0.894. The molecule has 0 aliphatic carbocycles. The van der Waals surface area contributed by atoms with Gasteiger partial charge in [0, 0.05) is 13.1 Å². The first-order chi connectivity index (χ1) is 10.8. The largest absolute Gasteiger partial charge is 0.349 e. The van der Waals surface area contributed by atoms with Gasteiger partial charge in [0.1, 0.15) is 0 Å². The van der Waals surface area contributed by atoms with Crippen LogP contribution in [0.1, 0.15) is 43.9 Å². The third-order valence-electron chi connectivity index (χ3n) is 4.47. The molecule has 1 saturated heterocycles. The van der Waals surface area contributed by atoms with Crippen molar-refractivity contribution in [2.75, 3.05) is 19.3 Å². The molecule has 0 bridgehead atoms. The Kier molecular flexibility index (Phi) is 5.81. The summed E-state index contributed by atoms with van der Waals surface area (Å²) in [5.41, 5.74) is 2.33. The lowest BCUT2D eigenvalue weighted by Crippen LogP contribution is -2.45. The van der Waals surface area contributed by atoms with Gasteiger partial charge in [0.15, 0.2) is 0 Å². The number of sulfonamides is 1. The number of benzene rings is 1. The van der Waals surface area contributed by atoms with Gasteiger partial charge in [-0.15, -0.1) is 0 Å². The van der Waals surface area contributed by atoms with Gasteiger partial charge in [0.05, 0.1) is 18.2 Å². The van der Waals surface area contributed by atoms with E-state index < -0.39 is 10.0 Å². The minimum Gasteiger partial charge on any atom is -0.349 e. The van der Waals surface area contributed by atoms with E-state index in [1.807, 2.05) is 19.1 Å². The molecule has 2 atom stereocenters. The zero-order valence-electron chi connectivity index (χ0n) is 14.1. The molecule has 0 spiro atoms. The first kappa shape index (κ1) is 17.9. The topological polar surface area (TPSA) is 66.5 Å². The van der Waals surface area contributed by atoms with E-state index in [2.05, 4.69) is 24.4 Å². The van der Waals surface area contributed by atoms with E-state index in [0.717, 1.165) is 24.8 Å². The number of rotatable bonds is 5. The second-order valence-corrected chi connectivity index (χ2v) is 8.27. The Morgan fingerprint density at radius 3 is 2.57 bits per heavy atom. The Morgan fingerprint density at radius 2 is 2.00 bits per heavy atom. The van der Waals surface area contributed by atoms with Crippen LogP contribution in [0.3, 0.4) is 0 Å². The standard InChI is InChI=1S/C17H26N2O3S/c1-4-14-7-9-15(10-8-14)13(2)18-17(20)16-6-5-11-19(12-16)23(3,21)22/h7-10,13,16H,4-6,11-12H2,1-3H3,(H,18,20)/t13-,16-/m0/s1. The summed E-state index contributed by atoms with van der Waals surface area (Å²) >= 11 is 0. The predicted molar refractivity (Wildman–Crippen MR) is 91.5 cm³/mol. The molecule has 0 unspecified atom stereocenters. The molecule has 1 aromatic rings. The summed E-state index contributed by atoms with van der Waals surface area (Å²) in [5, 5.41) is 3.01. The summed E-state index contributed by atoms with van der Waals surface area (Å²) in [6.45, 7) is 4.86. The Labute approximate surface area is 139 Å². The molecule has 5 nitrogen and oxygen atoms in total. The number of nitrogens with zero attached hydrogens (tertiary/aromatic N) is 1. The Bertz CT molecular complexity index is 640. The third kappa shape index (κ3) is 4.78. The van der Waals surface area contributed by atoms with Crippen molar-refractivity contribution >= 4 is 15.9 Å². The number of carbonyl (C=O) groups is 1. The normalized spacial score (nSPS) is 20.9. The van der Waals surface area contributed by atoms with Crippen LogP contribution >= 0.6 is 0 Å². The lowest BCUT2D eigenvalue weighted by Gasteiger charge is -2.30. The fraction of sp³-hybridized carbons (Fsp3) is 0.588. The highest BCUT2D eigenvalue weighted by atomic mass is 32.2. The van der Waals surface area contributed by atoms with E-state index in [1.165, 1.54) is 16.1 Å². The SMILES string of the molecule is CCc1ccc([C@H](C)NC(=O)[C@H]2CCCN(S(C)(=O)=O)C2)cc1. The molecule has 1 amide bonds. The van der Waals surface area contributed by atoms with Gasteiger partial charge in [0.25, 0.3) is 0 Å². The van der Waals surface area contributed by atoms with Crippen LogP contribution in [0.4, 0.5) is 0 Å². The average molecular weight is 338 g/mol. The second kappa shape index (κ2) is 7.45. The van der Waals surface area contributed by atoms with Crippen molar-refractivity contribution in [3.63, 3.8) is 0 Å². The van der Waals surface area contributed by atoms with Crippen LogP contribution in [0.25, 0.3) is 0 Å². The molecule has 0 aromatic heterocycles. The molecular formula is C17H26N2O3S. The fourth-order valence-electron chi connectivity index (χ4n) is 2.91. The summed E-state index contributed by atoms with van der Waals surface area (Å²) in [6.07, 6.45) is 3.65. The van der Waals surface area contributed by atoms with Crippen molar-refractivity contribution in [3.8, 4) is 0 Å². The molecule has 1 fully saturated rings. The lowest BCUT2D eigenvalue weighted by molar-refractivity contribution is -0.126. The van der Waals surface area contributed by atoms with Crippen LogP contribution in [-0.4, -0.2) is 38.0 Å². The molecular weight excluding hydrogens is 312 g/mol. The molecule has 1 N–H and O–H groups in total. The van der Waals surface area contributed by atoms with E-state index in [1.54, 1.807) is 0 Å². The molecule has 1 aliphatic heterocycles. The molecule has 0 radical (unpaired) electrons. The van der Waals surface area contributed by atoms with E-state index in [0.29, 0.717) is 6.54 Å². The molecule has 2 rings (SSSR count). The summed E-state index contributed by atoms with van der Waals surface area (Å²) in [5.74, 6) is -0.332. The number of carbonyl (C=O) groups excluding carboxylic acids is 1. The molecule has 0 saturated carbocycles. The number of hydrogen-bond donors (Lipinski definition) is 1. The highest BCUT2D eigenvalue weighted by Gasteiger charge is 2.30. The van der Waals surface area contributed by atoms with Gasteiger partial charge in [0.2, 0.25) is 15.9 Å². The zero-order chi connectivity index (χ0) is 17.0.